The number of fused-ring (bicyclic) bond motifs is 6. The monoisotopic (exact) mass is 562 g/mol. The largest absolute Gasteiger partial charge is 0.313 e. The molecule has 2 aromatic heterocycles. The molecule has 8 aromatic rings. The molecule has 0 bridgehead atoms. The number of allylic oxidation sites excluding steroid dienone is 4. The Kier molecular flexibility index (Phi) is 5.67. The van der Waals surface area contributed by atoms with Gasteiger partial charge in [0.1, 0.15) is 0 Å². The lowest BCUT2D eigenvalue weighted by molar-refractivity contribution is 0.992. The lowest BCUT2D eigenvalue weighted by Crippen LogP contribution is -2.01. The van der Waals surface area contributed by atoms with Gasteiger partial charge in [0.15, 0.2) is 0 Å². The van der Waals surface area contributed by atoms with Gasteiger partial charge >= 0.3 is 0 Å². The first-order valence-electron chi connectivity index (χ1n) is 15.4. The molecule has 0 spiro atoms. The zero-order valence-electron chi connectivity index (χ0n) is 24.3. The lowest BCUT2D eigenvalue weighted by atomic mass is 9.94. The van der Waals surface area contributed by atoms with Gasteiger partial charge in [-0.2, -0.15) is 0 Å². The highest BCUT2D eigenvalue weighted by Gasteiger charge is 2.18. The number of para-hydroxylation sites is 3. The summed E-state index contributed by atoms with van der Waals surface area (Å²) in [5, 5.41) is 5.21. The summed E-state index contributed by atoms with van der Waals surface area (Å²) < 4.78 is 4.87. The normalized spacial score (nSPS) is 13.5. The zero-order chi connectivity index (χ0) is 29.0. The molecule has 0 saturated carbocycles. The van der Waals surface area contributed by atoms with Gasteiger partial charge in [-0.3, -0.25) is 0 Å². The maximum Gasteiger partial charge on any atom is 0.0541 e. The number of nitrogens with zero attached hydrogens (tertiary/aromatic N) is 2. The highest BCUT2D eigenvalue weighted by Crippen LogP contribution is 2.39. The van der Waals surface area contributed by atoms with Crippen molar-refractivity contribution in [3.05, 3.63) is 163 Å². The highest BCUT2D eigenvalue weighted by molar-refractivity contribution is 6.11. The molecule has 0 aliphatic heterocycles. The maximum absolute atomic E-state index is 2.46. The van der Waals surface area contributed by atoms with Crippen LogP contribution in [0.2, 0.25) is 0 Å². The molecule has 2 nitrogen and oxygen atoms in total. The standard InChI is InChI=1S/C42H30N2/c1-2-11-29(12-3-1)31-13-10-14-34(27-31)44-41-20-9-6-17-37(41)38-28-32(23-26-42(38)44)30-21-24-33(25-22-30)43-39-18-7-4-15-35(39)36-16-5-8-19-40(36)43/h1-21,23-24,26-28H,22,25H2. The van der Waals surface area contributed by atoms with E-state index in [0.717, 1.165) is 12.8 Å². The Hall–Kier alpha value is -5.60. The van der Waals surface area contributed by atoms with Gasteiger partial charge in [-0.15, -0.1) is 0 Å². The number of aromatic nitrogens is 2. The van der Waals surface area contributed by atoms with Crippen molar-refractivity contribution >= 4 is 54.9 Å². The molecule has 0 fully saturated rings. The van der Waals surface area contributed by atoms with Crippen molar-refractivity contribution in [2.45, 2.75) is 12.8 Å². The summed E-state index contributed by atoms with van der Waals surface area (Å²) in [6, 6.07) is 52.9. The molecule has 6 aromatic carbocycles. The van der Waals surface area contributed by atoms with Gasteiger partial charge in [-0.25, -0.2) is 0 Å². The Bertz CT molecular complexity index is 2380. The Labute approximate surface area is 256 Å². The van der Waals surface area contributed by atoms with E-state index in [-0.39, 0.29) is 0 Å². The second kappa shape index (κ2) is 10.00. The zero-order valence-corrected chi connectivity index (χ0v) is 24.3. The molecule has 1 aliphatic rings. The molecule has 0 saturated heterocycles. The van der Waals surface area contributed by atoms with E-state index in [2.05, 4.69) is 167 Å². The predicted molar refractivity (Wildman–Crippen MR) is 187 cm³/mol. The Morgan fingerprint density at radius 2 is 0.955 bits per heavy atom. The number of hydrogen-bond acceptors (Lipinski definition) is 0. The van der Waals surface area contributed by atoms with E-state index in [0.29, 0.717) is 0 Å². The minimum Gasteiger partial charge on any atom is -0.313 e. The van der Waals surface area contributed by atoms with Crippen LogP contribution in [0.5, 0.6) is 0 Å². The second-order valence-electron chi connectivity index (χ2n) is 11.7. The Morgan fingerprint density at radius 3 is 1.64 bits per heavy atom. The minimum atomic E-state index is 1.00. The summed E-state index contributed by atoms with van der Waals surface area (Å²) in [7, 11) is 0. The van der Waals surface area contributed by atoms with Crippen LogP contribution in [0.25, 0.3) is 71.7 Å². The van der Waals surface area contributed by atoms with Crippen molar-refractivity contribution in [2.24, 2.45) is 0 Å². The SMILES string of the molecule is C1=C(c2ccc3c(c2)c2ccccc2n3-c2cccc(-c3ccccc3)c2)CCC(n2c3ccccc3c3ccccc32)=C1. The van der Waals surface area contributed by atoms with E-state index in [1.165, 1.54) is 77.3 Å². The third kappa shape index (κ3) is 3.88. The number of rotatable bonds is 4. The van der Waals surface area contributed by atoms with Crippen LogP contribution in [0.4, 0.5) is 0 Å². The fraction of sp³-hybridized carbons (Fsp3) is 0.0476. The average molecular weight is 563 g/mol. The van der Waals surface area contributed by atoms with Gasteiger partial charge in [-0.05, 0) is 83.6 Å². The average Bonchev–Trinajstić information content (AvgIpc) is 3.62. The van der Waals surface area contributed by atoms with Crippen LogP contribution < -0.4 is 0 Å². The lowest BCUT2D eigenvalue weighted by Gasteiger charge is -2.18. The molecule has 0 radical (unpaired) electrons. The summed E-state index contributed by atoms with van der Waals surface area (Å²) in [4.78, 5) is 0. The molecule has 1 aliphatic carbocycles. The van der Waals surface area contributed by atoms with Crippen molar-refractivity contribution in [3.63, 3.8) is 0 Å². The Morgan fingerprint density at radius 1 is 0.364 bits per heavy atom. The van der Waals surface area contributed by atoms with Gasteiger partial charge < -0.3 is 9.13 Å². The van der Waals surface area contributed by atoms with E-state index >= 15 is 0 Å². The van der Waals surface area contributed by atoms with Crippen LogP contribution in [-0.2, 0) is 0 Å². The summed E-state index contributed by atoms with van der Waals surface area (Å²) in [6.45, 7) is 0. The second-order valence-corrected chi connectivity index (χ2v) is 11.7. The predicted octanol–water partition coefficient (Wildman–Crippen LogP) is 11.3. The maximum atomic E-state index is 2.46. The molecule has 44 heavy (non-hydrogen) atoms. The van der Waals surface area contributed by atoms with E-state index in [1.54, 1.807) is 0 Å². The van der Waals surface area contributed by atoms with Crippen LogP contribution in [0.1, 0.15) is 18.4 Å². The van der Waals surface area contributed by atoms with Crippen molar-refractivity contribution < 1.29 is 0 Å². The van der Waals surface area contributed by atoms with E-state index in [4.69, 9.17) is 0 Å². The van der Waals surface area contributed by atoms with Crippen molar-refractivity contribution in [2.75, 3.05) is 0 Å². The van der Waals surface area contributed by atoms with E-state index < -0.39 is 0 Å². The first kappa shape index (κ1) is 24.9. The first-order chi connectivity index (χ1) is 21.8. The summed E-state index contributed by atoms with van der Waals surface area (Å²) in [6.07, 6.45) is 6.68. The van der Waals surface area contributed by atoms with Crippen molar-refractivity contribution in [1.82, 2.24) is 9.13 Å². The van der Waals surface area contributed by atoms with Gasteiger partial charge in [-0.1, -0.05) is 109 Å². The Balaban J connectivity index is 1.15. The fourth-order valence-corrected chi connectivity index (χ4v) is 7.19. The molecular formula is C42H30N2. The fourth-order valence-electron chi connectivity index (χ4n) is 7.19. The number of hydrogen-bond donors (Lipinski definition) is 0. The third-order valence-electron chi connectivity index (χ3n) is 9.25. The molecule has 9 rings (SSSR count). The van der Waals surface area contributed by atoms with E-state index in [1.807, 2.05) is 0 Å². The molecule has 2 heteroatoms. The molecule has 0 unspecified atom stereocenters. The van der Waals surface area contributed by atoms with Gasteiger partial charge in [0, 0.05) is 32.9 Å². The highest BCUT2D eigenvalue weighted by atomic mass is 15.0. The van der Waals surface area contributed by atoms with Crippen LogP contribution >= 0.6 is 0 Å². The van der Waals surface area contributed by atoms with Crippen LogP contribution in [0.15, 0.2) is 158 Å². The summed E-state index contributed by atoms with van der Waals surface area (Å²) in [5.41, 5.74) is 12.7. The topological polar surface area (TPSA) is 9.86 Å². The third-order valence-corrected chi connectivity index (χ3v) is 9.25. The van der Waals surface area contributed by atoms with Gasteiger partial charge in [0.2, 0.25) is 0 Å². The smallest absolute Gasteiger partial charge is 0.0541 e. The van der Waals surface area contributed by atoms with Crippen LogP contribution in [0, 0.1) is 0 Å². The van der Waals surface area contributed by atoms with E-state index in [9.17, 15) is 0 Å². The first-order valence-corrected chi connectivity index (χ1v) is 15.4. The minimum absolute atomic E-state index is 1.00. The van der Waals surface area contributed by atoms with Crippen molar-refractivity contribution in [3.8, 4) is 16.8 Å². The quantitative estimate of drug-likeness (QED) is 0.202. The summed E-state index contributed by atoms with van der Waals surface area (Å²) in [5.74, 6) is 0. The molecule has 2 heterocycles. The van der Waals surface area contributed by atoms with Crippen molar-refractivity contribution in [1.29, 1.82) is 0 Å². The van der Waals surface area contributed by atoms with Crippen LogP contribution in [-0.4, -0.2) is 9.13 Å². The molecule has 208 valence electrons. The van der Waals surface area contributed by atoms with Crippen LogP contribution in [0.3, 0.4) is 0 Å². The molecule has 0 amide bonds. The van der Waals surface area contributed by atoms with Gasteiger partial charge in [0.25, 0.3) is 0 Å². The molecule has 0 N–H and O–H groups in total. The molecular weight excluding hydrogens is 532 g/mol. The van der Waals surface area contributed by atoms with Gasteiger partial charge in [0.05, 0.1) is 22.1 Å². The summed E-state index contributed by atoms with van der Waals surface area (Å²) >= 11 is 0. The number of benzene rings is 6. The molecule has 0 atom stereocenters.